The third-order valence-electron chi connectivity index (χ3n) is 4.00. The largest absolute Gasteiger partial charge is 0.459 e. The molecule has 0 atom stereocenters. The average Bonchev–Trinajstić information content (AvgIpc) is 2.61. The van der Waals surface area contributed by atoms with Crippen LogP contribution >= 0.6 is 0 Å². The van der Waals surface area contributed by atoms with Crippen LogP contribution in [-0.4, -0.2) is 32.3 Å². The van der Waals surface area contributed by atoms with Crippen molar-refractivity contribution in [2.75, 3.05) is 0 Å². The third-order valence-corrected chi connectivity index (χ3v) is 4.00. The fourth-order valence-electron chi connectivity index (χ4n) is 2.72. The fourth-order valence-corrected chi connectivity index (χ4v) is 2.72. The Labute approximate surface area is 179 Å². The van der Waals surface area contributed by atoms with Gasteiger partial charge in [0, 0.05) is 30.7 Å². The topological polar surface area (TPSA) is 74.1 Å². The van der Waals surface area contributed by atoms with Gasteiger partial charge in [-0.2, -0.15) is 26.3 Å². The van der Waals surface area contributed by atoms with Crippen molar-refractivity contribution in [2.45, 2.75) is 64.5 Å². The summed E-state index contributed by atoms with van der Waals surface area (Å²) in [5.74, 6) is -0.912. The summed E-state index contributed by atoms with van der Waals surface area (Å²) in [7, 11) is 0. The zero-order valence-electron chi connectivity index (χ0n) is 17.5. The molecule has 0 unspecified atom stereocenters. The minimum Gasteiger partial charge on any atom is -0.459 e. The molecule has 2 aromatic rings. The Morgan fingerprint density at radius 2 is 1.75 bits per heavy atom. The van der Waals surface area contributed by atoms with Crippen LogP contribution in [0.25, 0.3) is 11.3 Å². The van der Waals surface area contributed by atoms with Crippen LogP contribution < -0.4 is 5.56 Å². The minimum absolute atomic E-state index is 0.0663. The lowest BCUT2D eigenvalue weighted by atomic mass is 10.1. The molecule has 2 aromatic heterocycles. The number of aromatic nitrogens is 3. The van der Waals surface area contributed by atoms with E-state index in [-0.39, 0.29) is 23.5 Å². The first-order valence-corrected chi connectivity index (χ1v) is 9.48. The quantitative estimate of drug-likeness (QED) is 0.462. The van der Waals surface area contributed by atoms with E-state index in [0.29, 0.717) is 6.07 Å². The molecule has 176 valence electrons. The van der Waals surface area contributed by atoms with Crippen LogP contribution in [0, 0.1) is 0 Å². The first kappa shape index (κ1) is 25.3. The van der Waals surface area contributed by atoms with Crippen molar-refractivity contribution >= 4 is 5.97 Å². The van der Waals surface area contributed by atoms with Gasteiger partial charge in [0.1, 0.15) is 23.7 Å². The molecular weight excluding hydrogens is 444 g/mol. The minimum atomic E-state index is -4.66. The number of hydrogen-bond donors (Lipinski definition) is 0. The summed E-state index contributed by atoms with van der Waals surface area (Å²) in [6, 6.07) is 2.73. The van der Waals surface area contributed by atoms with E-state index in [1.54, 1.807) is 20.8 Å². The van der Waals surface area contributed by atoms with Gasteiger partial charge < -0.3 is 4.74 Å². The second-order valence-electron chi connectivity index (χ2n) is 7.97. The van der Waals surface area contributed by atoms with Crippen LogP contribution in [0.1, 0.15) is 45.1 Å². The lowest BCUT2D eigenvalue weighted by Gasteiger charge is -2.20. The summed E-state index contributed by atoms with van der Waals surface area (Å²) in [6.07, 6.45) is -10.1. The van der Waals surface area contributed by atoms with Gasteiger partial charge in [-0.25, -0.2) is 4.98 Å². The van der Waals surface area contributed by atoms with E-state index in [1.807, 2.05) is 0 Å². The van der Waals surface area contributed by atoms with Gasteiger partial charge in [-0.15, -0.1) is 0 Å². The van der Waals surface area contributed by atoms with E-state index in [4.69, 9.17) is 4.74 Å². The summed E-state index contributed by atoms with van der Waals surface area (Å²) in [5.41, 5.74) is -2.76. The molecule has 0 bridgehead atoms. The van der Waals surface area contributed by atoms with Gasteiger partial charge in [-0.3, -0.25) is 19.1 Å². The Balaban J connectivity index is 2.41. The molecule has 0 fully saturated rings. The lowest BCUT2D eigenvalue weighted by Crippen LogP contribution is -2.32. The molecule has 2 heterocycles. The van der Waals surface area contributed by atoms with E-state index in [2.05, 4.69) is 9.97 Å². The molecule has 0 aliphatic heterocycles. The standard InChI is InChI=1S/C20H21F6N3O3/c1-18(2,3)32-17(31)11-29-15(5-4-8-19(21,22)23)28-13(9-16(29)30)12-6-7-14(27-10-12)20(24,25)26/h6-7,9-10H,4-5,8,11H2,1-3H3. The number of rotatable bonds is 6. The number of nitrogens with zero attached hydrogens (tertiary/aromatic N) is 3. The van der Waals surface area contributed by atoms with Crippen LogP contribution in [-0.2, 0) is 28.7 Å². The summed E-state index contributed by atoms with van der Waals surface area (Å²) >= 11 is 0. The number of aryl methyl sites for hydroxylation is 1. The summed E-state index contributed by atoms with van der Waals surface area (Å²) < 4.78 is 81.8. The van der Waals surface area contributed by atoms with Gasteiger partial charge in [0.25, 0.3) is 5.56 Å². The third kappa shape index (κ3) is 7.65. The molecule has 0 aliphatic rings. The maximum atomic E-state index is 12.7. The van der Waals surface area contributed by atoms with Crippen LogP contribution in [0.15, 0.2) is 29.2 Å². The highest BCUT2D eigenvalue weighted by molar-refractivity contribution is 5.70. The number of alkyl halides is 6. The van der Waals surface area contributed by atoms with Gasteiger partial charge in [-0.1, -0.05) is 0 Å². The molecule has 2 rings (SSSR count). The first-order chi connectivity index (χ1) is 14.5. The molecule has 0 aromatic carbocycles. The van der Waals surface area contributed by atoms with Crippen molar-refractivity contribution in [1.82, 2.24) is 14.5 Å². The Morgan fingerprint density at radius 3 is 2.25 bits per heavy atom. The summed E-state index contributed by atoms with van der Waals surface area (Å²) in [5, 5.41) is 0. The zero-order valence-corrected chi connectivity index (χ0v) is 17.5. The maximum Gasteiger partial charge on any atom is 0.433 e. The fraction of sp³-hybridized carbons (Fsp3) is 0.500. The van der Waals surface area contributed by atoms with Crippen LogP contribution in [0.5, 0.6) is 0 Å². The molecule has 0 N–H and O–H groups in total. The summed E-state index contributed by atoms with van der Waals surface area (Å²) in [4.78, 5) is 32.2. The Bertz CT molecular complexity index is 1010. The number of ether oxygens (including phenoxy) is 1. The molecule has 32 heavy (non-hydrogen) atoms. The number of halogens is 6. The van der Waals surface area contributed by atoms with Crippen molar-refractivity contribution < 1.29 is 35.9 Å². The molecule has 0 radical (unpaired) electrons. The SMILES string of the molecule is CC(C)(C)OC(=O)Cn1c(CCCC(F)(F)F)nc(-c2ccc(C(F)(F)F)nc2)cc1=O. The molecule has 0 aliphatic carbocycles. The number of carbonyl (C=O) groups is 1. The van der Waals surface area contributed by atoms with E-state index in [1.165, 1.54) is 0 Å². The van der Waals surface area contributed by atoms with Crippen molar-refractivity contribution in [1.29, 1.82) is 0 Å². The highest BCUT2D eigenvalue weighted by atomic mass is 19.4. The molecule has 0 saturated carbocycles. The van der Waals surface area contributed by atoms with Crippen molar-refractivity contribution in [3.05, 3.63) is 46.3 Å². The number of carbonyl (C=O) groups excluding carboxylic acids is 1. The Kier molecular flexibility index (Phi) is 7.36. The van der Waals surface area contributed by atoms with Gasteiger partial charge in [0.05, 0.1) is 5.69 Å². The second-order valence-corrected chi connectivity index (χ2v) is 7.97. The van der Waals surface area contributed by atoms with Crippen LogP contribution in [0.4, 0.5) is 26.3 Å². The summed E-state index contributed by atoms with van der Waals surface area (Å²) in [6.45, 7) is 4.25. The maximum absolute atomic E-state index is 12.7. The van der Waals surface area contributed by atoms with Gasteiger partial charge in [0.2, 0.25) is 0 Å². The zero-order chi connectivity index (χ0) is 24.3. The number of hydrogen-bond acceptors (Lipinski definition) is 5. The monoisotopic (exact) mass is 465 g/mol. The highest BCUT2D eigenvalue weighted by Gasteiger charge is 2.32. The lowest BCUT2D eigenvalue weighted by molar-refractivity contribution is -0.155. The van der Waals surface area contributed by atoms with Gasteiger partial charge >= 0.3 is 18.3 Å². The van der Waals surface area contributed by atoms with Crippen LogP contribution in [0.3, 0.4) is 0 Å². The normalized spacial score (nSPS) is 12.7. The van der Waals surface area contributed by atoms with Crippen molar-refractivity contribution in [2.24, 2.45) is 0 Å². The molecule has 0 saturated heterocycles. The Hall–Kier alpha value is -2.92. The van der Waals surface area contributed by atoms with E-state index in [9.17, 15) is 35.9 Å². The van der Waals surface area contributed by atoms with Crippen molar-refractivity contribution in [3.63, 3.8) is 0 Å². The first-order valence-electron chi connectivity index (χ1n) is 9.48. The van der Waals surface area contributed by atoms with Crippen molar-refractivity contribution in [3.8, 4) is 11.3 Å². The smallest absolute Gasteiger partial charge is 0.433 e. The Morgan fingerprint density at radius 1 is 1.09 bits per heavy atom. The molecule has 6 nitrogen and oxygen atoms in total. The van der Waals surface area contributed by atoms with E-state index < -0.39 is 54.6 Å². The molecule has 0 amide bonds. The number of pyridine rings is 1. The molecule has 0 spiro atoms. The van der Waals surface area contributed by atoms with Gasteiger partial charge in [-0.05, 0) is 39.3 Å². The predicted molar refractivity (Wildman–Crippen MR) is 102 cm³/mol. The van der Waals surface area contributed by atoms with Gasteiger partial charge in [0.15, 0.2) is 0 Å². The molecule has 12 heteroatoms. The van der Waals surface area contributed by atoms with E-state index in [0.717, 1.165) is 22.9 Å². The van der Waals surface area contributed by atoms with E-state index >= 15 is 0 Å². The highest BCUT2D eigenvalue weighted by Crippen LogP contribution is 2.28. The molecular formula is C20H21F6N3O3. The second kappa shape index (κ2) is 9.29. The van der Waals surface area contributed by atoms with Crippen LogP contribution in [0.2, 0.25) is 0 Å². The predicted octanol–water partition coefficient (Wildman–Crippen LogP) is 4.55. The average molecular weight is 465 g/mol. The number of esters is 1.